The number of hydrogen-bond acceptors (Lipinski definition) is 3. The zero-order valence-corrected chi connectivity index (χ0v) is 10.4. The van der Waals surface area contributed by atoms with Gasteiger partial charge in [-0.1, -0.05) is 0 Å². The van der Waals surface area contributed by atoms with Crippen LogP contribution in [0.25, 0.3) is 0 Å². The lowest BCUT2D eigenvalue weighted by molar-refractivity contribution is 0.101. The van der Waals surface area contributed by atoms with Crippen molar-refractivity contribution in [2.75, 3.05) is 14.1 Å². The zero-order valence-electron chi connectivity index (χ0n) is 10.4. The summed E-state index contributed by atoms with van der Waals surface area (Å²) in [5.41, 5.74) is 5.74. The highest BCUT2D eigenvalue weighted by atomic mass is 16.2. The third kappa shape index (κ3) is 2.16. The van der Waals surface area contributed by atoms with E-state index in [4.69, 9.17) is 5.73 Å². The highest BCUT2D eigenvalue weighted by Gasteiger charge is 2.45. The number of rotatable bonds is 2. The summed E-state index contributed by atoms with van der Waals surface area (Å²) < 4.78 is 0. The molecule has 2 fully saturated rings. The Bertz CT molecular complexity index is 305. The molecule has 0 aromatic carbocycles. The van der Waals surface area contributed by atoms with Crippen molar-refractivity contribution in [1.29, 1.82) is 0 Å². The fraction of sp³-hybridized carbons (Fsp3) is 0.833. The van der Waals surface area contributed by atoms with E-state index in [1.807, 2.05) is 11.2 Å². The van der Waals surface area contributed by atoms with Gasteiger partial charge in [0.2, 0.25) is 6.29 Å². The topological polar surface area (TPSA) is 66.6 Å². The lowest BCUT2D eigenvalue weighted by atomic mass is 9.86. The molecule has 2 saturated heterocycles. The van der Waals surface area contributed by atoms with Gasteiger partial charge in [0.15, 0.2) is 0 Å². The fourth-order valence-corrected chi connectivity index (χ4v) is 3.15. The number of urea groups is 1. The Balaban J connectivity index is 2.08. The standard InChI is InChI=1S/C12H20N3O2/c1-14(2)12(17)15-9-3-4-10(15)6-8(5-9)11(13)7-16/h8-11H,3-6,13H2,1-2H3. The maximum atomic E-state index is 12.0. The average molecular weight is 238 g/mol. The van der Waals surface area contributed by atoms with Crippen LogP contribution in [0.2, 0.25) is 0 Å². The summed E-state index contributed by atoms with van der Waals surface area (Å²) in [6, 6.07) is 0.107. The summed E-state index contributed by atoms with van der Waals surface area (Å²) in [7, 11) is 3.55. The second-order valence-electron chi connectivity index (χ2n) is 5.34. The van der Waals surface area contributed by atoms with Gasteiger partial charge < -0.3 is 15.5 Å². The quantitative estimate of drug-likeness (QED) is 0.754. The van der Waals surface area contributed by atoms with Crippen molar-refractivity contribution in [3.8, 4) is 0 Å². The molecule has 2 N–H and O–H groups in total. The lowest BCUT2D eigenvalue weighted by Gasteiger charge is -2.40. The Morgan fingerprint density at radius 1 is 1.35 bits per heavy atom. The normalized spacial score (nSPS) is 33.4. The number of carbonyl (C=O) groups excluding carboxylic acids is 2. The minimum absolute atomic E-state index is 0.0830. The zero-order chi connectivity index (χ0) is 12.6. The van der Waals surface area contributed by atoms with Crippen LogP contribution in [0.1, 0.15) is 25.7 Å². The number of nitrogens with two attached hydrogens (primary N) is 1. The molecule has 95 valence electrons. The monoisotopic (exact) mass is 238 g/mol. The van der Waals surface area contributed by atoms with E-state index in [9.17, 15) is 9.59 Å². The van der Waals surface area contributed by atoms with Crippen molar-refractivity contribution in [2.24, 2.45) is 11.7 Å². The van der Waals surface area contributed by atoms with Gasteiger partial charge in [-0.2, -0.15) is 0 Å². The van der Waals surface area contributed by atoms with Gasteiger partial charge >= 0.3 is 6.03 Å². The Hall–Kier alpha value is -1.10. The SMILES string of the molecule is CN(C)C(=O)N1C2CCC1CC(C(N)[C]=O)C2. The van der Waals surface area contributed by atoms with Crippen molar-refractivity contribution in [1.82, 2.24) is 9.80 Å². The van der Waals surface area contributed by atoms with Crippen molar-refractivity contribution >= 4 is 12.3 Å². The third-order valence-electron chi connectivity index (χ3n) is 4.02. The summed E-state index contributed by atoms with van der Waals surface area (Å²) in [5, 5.41) is 0. The van der Waals surface area contributed by atoms with Crippen LogP contribution in [0.3, 0.4) is 0 Å². The molecule has 1 radical (unpaired) electrons. The number of amides is 2. The van der Waals surface area contributed by atoms with Gasteiger partial charge in [0.1, 0.15) is 0 Å². The predicted octanol–water partition coefficient (Wildman–Crippen LogP) is 0.348. The van der Waals surface area contributed by atoms with Gasteiger partial charge in [0.05, 0.1) is 6.04 Å². The van der Waals surface area contributed by atoms with Gasteiger partial charge in [-0.25, -0.2) is 4.79 Å². The van der Waals surface area contributed by atoms with Crippen molar-refractivity contribution in [2.45, 2.75) is 43.8 Å². The van der Waals surface area contributed by atoms with E-state index in [2.05, 4.69) is 0 Å². The first-order valence-corrected chi connectivity index (χ1v) is 6.17. The molecule has 2 heterocycles. The highest BCUT2D eigenvalue weighted by Crippen LogP contribution is 2.39. The van der Waals surface area contributed by atoms with E-state index in [0.717, 1.165) is 25.7 Å². The second-order valence-corrected chi connectivity index (χ2v) is 5.34. The second kappa shape index (κ2) is 4.64. The summed E-state index contributed by atoms with van der Waals surface area (Å²) in [6.07, 6.45) is 5.63. The first-order chi connectivity index (χ1) is 8.04. The molecule has 0 aromatic heterocycles. The highest BCUT2D eigenvalue weighted by molar-refractivity contribution is 5.75. The summed E-state index contributed by atoms with van der Waals surface area (Å²) >= 11 is 0. The number of fused-ring (bicyclic) bond motifs is 2. The van der Waals surface area contributed by atoms with Crippen LogP contribution < -0.4 is 5.73 Å². The van der Waals surface area contributed by atoms with Crippen LogP contribution in [-0.4, -0.2) is 54.3 Å². The average Bonchev–Trinajstić information content (AvgIpc) is 2.57. The lowest BCUT2D eigenvalue weighted by Crippen LogP contribution is -2.52. The number of carbonyl (C=O) groups is 1. The Kier molecular flexibility index (Phi) is 3.38. The molecule has 17 heavy (non-hydrogen) atoms. The maximum Gasteiger partial charge on any atom is 0.319 e. The van der Waals surface area contributed by atoms with Crippen LogP contribution in [0.15, 0.2) is 0 Å². The molecule has 2 rings (SSSR count). The molecule has 5 nitrogen and oxygen atoms in total. The molecular formula is C12H20N3O2. The molecular weight excluding hydrogens is 218 g/mol. The van der Waals surface area contributed by atoms with Crippen molar-refractivity contribution in [3.05, 3.63) is 0 Å². The van der Waals surface area contributed by atoms with Gasteiger partial charge in [-0.05, 0) is 31.6 Å². The number of hydrogen-bond donors (Lipinski definition) is 1. The molecule has 0 aliphatic carbocycles. The van der Waals surface area contributed by atoms with Gasteiger partial charge in [0, 0.05) is 26.2 Å². The summed E-state index contributed by atoms with van der Waals surface area (Å²) in [4.78, 5) is 26.3. The van der Waals surface area contributed by atoms with E-state index >= 15 is 0 Å². The maximum absolute atomic E-state index is 12.0. The van der Waals surface area contributed by atoms with E-state index < -0.39 is 6.04 Å². The molecule has 0 saturated carbocycles. The molecule has 2 aliphatic heterocycles. The largest absolute Gasteiger partial charge is 0.331 e. The fourth-order valence-electron chi connectivity index (χ4n) is 3.15. The first kappa shape index (κ1) is 12.4. The van der Waals surface area contributed by atoms with E-state index in [1.54, 1.807) is 19.0 Å². The van der Waals surface area contributed by atoms with Crippen LogP contribution in [0.5, 0.6) is 0 Å². The van der Waals surface area contributed by atoms with Crippen LogP contribution in [0, 0.1) is 5.92 Å². The molecule has 2 amide bonds. The third-order valence-corrected chi connectivity index (χ3v) is 4.02. The summed E-state index contributed by atoms with van der Waals surface area (Å²) in [6.45, 7) is 0. The first-order valence-electron chi connectivity index (χ1n) is 6.17. The van der Waals surface area contributed by atoms with Gasteiger partial charge in [-0.15, -0.1) is 0 Å². The number of piperidine rings is 1. The summed E-state index contributed by atoms with van der Waals surface area (Å²) in [5.74, 6) is 0.191. The molecule has 5 heteroatoms. The Morgan fingerprint density at radius 3 is 2.29 bits per heavy atom. The molecule has 0 spiro atoms. The molecule has 0 aromatic rings. The van der Waals surface area contributed by atoms with E-state index in [-0.39, 0.29) is 24.0 Å². The Labute approximate surface area is 102 Å². The van der Waals surface area contributed by atoms with Crippen molar-refractivity contribution < 1.29 is 9.59 Å². The smallest absolute Gasteiger partial charge is 0.319 e. The molecule has 3 atom stereocenters. The van der Waals surface area contributed by atoms with Gasteiger partial charge in [-0.3, -0.25) is 4.79 Å². The Morgan fingerprint density at radius 2 is 1.88 bits per heavy atom. The van der Waals surface area contributed by atoms with E-state index in [1.165, 1.54) is 0 Å². The van der Waals surface area contributed by atoms with Crippen LogP contribution >= 0.6 is 0 Å². The molecule has 2 aliphatic rings. The number of nitrogens with zero attached hydrogens (tertiary/aromatic N) is 2. The van der Waals surface area contributed by atoms with Crippen LogP contribution in [0.4, 0.5) is 4.79 Å². The van der Waals surface area contributed by atoms with E-state index in [0.29, 0.717) is 0 Å². The van der Waals surface area contributed by atoms with Gasteiger partial charge in [0.25, 0.3) is 0 Å². The predicted molar refractivity (Wildman–Crippen MR) is 64.1 cm³/mol. The molecule has 2 bridgehead atoms. The van der Waals surface area contributed by atoms with Crippen molar-refractivity contribution in [3.63, 3.8) is 0 Å². The van der Waals surface area contributed by atoms with Crippen LogP contribution in [-0.2, 0) is 4.79 Å². The minimum Gasteiger partial charge on any atom is -0.331 e. The minimum atomic E-state index is -0.491. The molecule has 3 unspecified atom stereocenters.